The van der Waals surface area contributed by atoms with Gasteiger partial charge in [0.05, 0.1) is 11.7 Å². The molecule has 0 aliphatic heterocycles. The van der Waals surface area contributed by atoms with Crippen molar-refractivity contribution in [1.82, 2.24) is 10.3 Å². The minimum atomic E-state index is 0.461. The molecule has 0 saturated heterocycles. The van der Waals surface area contributed by atoms with Gasteiger partial charge in [-0.1, -0.05) is 38.1 Å². The molecule has 1 N–H and O–H groups in total. The molecule has 1 aliphatic rings. The Hall–Kier alpha value is -1.19. The predicted molar refractivity (Wildman–Crippen MR) is 86.3 cm³/mol. The van der Waals surface area contributed by atoms with E-state index in [1.807, 2.05) is 11.3 Å². The molecule has 1 atom stereocenters. The molecule has 0 spiro atoms. The van der Waals surface area contributed by atoms with Crippen LogP contribution < -0.4 is 5.32 Å². The Morgan fingerprint density at radius 1 is 1.30 bits per heavy atom. The minimum absolute atomic E-state index is 0.461. The van der Waals surface area contributed by atoms with Gasteiger partial charge in [0.2, 0.25) is 0 Å². The lowest BCUT2D eigenvalue weighted by molar-refractivity contribution is 0.465. The van der Waals surface area contributed by atoms with Crippen LogP contribution in [0.2, 0.25) is 0 Å². The summed E-state index contributed by atoms with van der Waals surface area (Å²) in [6, 6.07) is 9.14. The number of thiazole rings is 1. The Balaban J connectivity index is 2.00. The number of hydrogen-bond donors (Lipinski definition) is 1. The van der Waals surface area contributed by atoms with E-state index in [0.717, 1.165) is 13.0 Å². The summed E-state index contributed by atoms with van der Waals surface area (Å²) < 4.78 is 0. The van der Waals surface area contributed by atoms with Gasteiger partial charge in [0, 0.05) is 10.4 Å². The number of aromatic nitrogens is 1. The lowest BCUT2D eigenvalue weighted by Crippen LogP contribution is -2.24. The van der Waals surface area contributed by atoms with Crippen molar-refractivity contribution in [3.63, 3.8) is 0 Å². The second-order valence-electron chi connectivity index (χ2n) is 5.34. The van der Waals surface area contributed by atoms with E-state index in [-0.39, 0.29) is 0 Å². The van der Waals surface area contributed by atoms with Crippen molar-refractivity contribution in [3.05, 3.63) is 40.4 Å². The van der Waals surface area contributed by atoms with Gasteiger partial charge in [-0.3, -0.25) is 0 Å². The van der Waals surface area contributed by atoms with Gasteiger partial charge in [-0.15, -0.1) is 11.3 Å². The van der Waals surface area contributed by atoms with Gasteiger partial charge in [-0.25, -0.2) is 4.98 Å². The Bertz CT molecular complexity index is 588. The third-order valence-corrected chi connectivity index (χ3v) is 5.20. The zero-order chi connectivity index (χ0) is 13.9. The normalized spacial score (nSPS) is 18.0. The van der Waals surface area contributed by atoms with Gasteiger partial charge in [0.15, 0.2) is 0 Å². The fraction of sp³-hybridized carbons (Fsp3) is 0.471. The van der Waals surface area contributed by atoms with E-state index >= 15 is 0 Å². The SMILES string of the molecule is CCNC1CCCc2sc(-c3ccccc3CC)nc21. The van der Waals surface area contributed by atoms with Crippen LogP contribution >= 0.6 is 11.3 Å². The highest BCUT2D eigenvalue weighted by Crippen LogP contribution is 2.38. The Morgan fingerprint density at radius 3 is 2.95 bits per heavy atom. The van der Waals surface area contributed by atoms with Crippen molar-refractivity contribution < 1.29 is 0 Å². The Kier molecular flexibility index (Phi) is 4.18. The highest BCUT2D eigenvalue weighted by Gasteiger charge is 2.24. The molecule has 3 rings (SSSR count). The van der Waals surface area contributed by atoms with E-state index in [0.29, 0.717) is 6.04 Å². The molecule has 1 aromatic heterocycles. The highest BCUT2D eigenvalue weighted by molar-refractivity contribution is 7.15. The lowest BCUT2D eigenvalue weighted by Gasteiger charge is -2.21. The first-order chi connectivity index (χ1) is 9.83. The van der Waals surface area contributed by atoms with Crippen molar-refractivity contribution in [2.75, 3.05) is 6.54 Å². The zero-order valence-electron chi connectivity index (χ0n) is 12.3. The molecule has 3 heteroatoms. The van der Waals surface area contributed by atoms with Crippen molar-refractivity contribution in [3.8, 4) is 10.6 Å². The summed E-state index contributed by atoms with van der Waals surface area (Å²) in [5, 5.41) is 4.78. The number of fused-ring (bicyclic) bond motifs is 1. The maximum absolute atomic E-state index is 4.99. The van der Waals surface area contributed by atoms with Gasteiger partial charge in [0.1, 0.15) is 5.01 Å². The fourth-order valence-electron chi connectivity index (χ4n) is 3.02. The molecule has 2 aromatic rings. The average molecular weight is 286 g/mol. The molecule has 1 heterocycles. The maximum atomic E-state index is 4.99. The summed E-state index contributed by atoms with van der Waals surface area (Å²) in [5.74, 6) is 0. The summed E-state index contributed by atoms with van der Waals surface area (Å²) in [4.78, 5) is 6.47. The first-order valence-corrected chi connectivity index (χ1v) is 8.46. The summed E-state index contributed by atoms with van der Waals surface area (Å²) in [6.45, 7) is 5.41. The zero-order valence-corrected chi connectivity index (χ0v) is 13.1. The molecule has 20 heavy (non-hydrogen) atoms. The molecule has 0 saturated carbocycles. The number of rotatable bonds is 4. The third-order valence-electron chi connectivity index (χ3n) is 4.03. The number of nitrogens with zero attached hydrogens (tertiary/aromatic N) is 1. The van der Waals surface area contributed by atoms with Crippen LogP contribution in [-0.4, -0.2) is 11.5 Å². The van der Waals surface area contributed by atoms with Crippen molar-refractivity contribution in [1.29, 1.82) is 0 Å². The highest BCUT2D eigenvalue weighted by atomic mass is 32.1. The van der Waals surface area contributed by atoms with Crippen molar-refractivity contribution in [2.45, 2.75) is 45.6 Å². The molecule has 106 valence electrons. The van der Waals surface area contributed by atoms with E-state index in [4.69, 9.17) is 4.98 Å². The molecule has 1 unspecified atom stereocenters. The van der Waals surface area contributed by atoms with Crippen molar-refractivity contribution in [2.24, 2.45) is 0 Å². The summed E-state index contributed by atoms with van der Waals surface area (Å²) in [6.07, 6.45) is 4.77. The number of nitrogens with one attached hydrogen (secondary N) is 1. The van der Waals surface area contributed by atoms with E-state index in [9.17, 15) is 0 Å². The minimum Gasteiger partial charge on any atom is -0.309 e. The smallest absolute Gasteiger partial charge is 0.124 e. The molecule has 2 nitrogen and oxygen atoms in total. The van der Waals surface area contributed by atoms with Crippen LogP contribution in [-0.2, 0) is 12.8 Å². The van der Waals surface area contributed by atoms with Crippen molar-refractivity contribution >= 4 is 11.3 Å². The quantitative estimate of drug-likeness (QED) is 0.903. The van der Waals surface area contributed by atoms with Crippen LogP contribution in [0.4, 0.5) is 0 Å². The molecule has 0 amide bonds. The molecule has 0 fully saturated rings. The Morgan fingerprint density at radius 2 is 2.15 bits per heavy atom. The molecule has 0 radical (unpaired) electrons. The van der Waals surface area contributed by atoms with E-state index in [2.05, 4.69) is 43.4 Å². The second kappa shape index (κ2) is 6.06. The second-order valence-corrected chi connectivity index (χ2v) is 6.42. The van der Waals surface area contributed by atoms with E-state index < -0.39 is 0 Å². The van der Waals surface area contributed by atoms with Crippen LogP contribution in [0, 0.1) is 0 Å². The topological polar surface area (TPSA) is 24.9 Å². The van der Waals surface area contributed by atoms with Crippen LogP contribution in [0.3, 0.4) is 0 Å². The van der Waals surface area contributed by atoms with Crippen LogP contribution in [0.5, 0.6) is 0 Å². The molecule has 1 aliphatic carbocycles. The van der Waals surface area contributed by atoms with Gasteiger partial charge in [-0.2, -0.15) is 0 Å². The molecule has 1 aromatic carbocycles. The molecule has 0 bridgehead atoms. The summed E-state index contributed by atoms with van der Waals surface area (Å²) in [5.41, 5.74) is 4.03. The fourth-order valence-corrected chi connectivity index (χ4v) is 4.24. The van der Waals surface area contributed by atoms with Gasteiger partial charge in [0.25, 0.3) is 0 Å². The number of hydrogen-bond acceptors (Lipinski definition) is 3. The Labute approximate surface area is 125 Å². The number of aryl methyl sites for hydroxylation is 2. The first kappa shape index (κ1) is 13.8. The van der Waals surface area contributed by atoms with Crippen LogP contribution in [0.25, 0.3) is 10.6 Å². The van der Waals surface area contributed by atoms with Gasteiger partial charge < -0.3 is 5.32 Å². The number of benzene rings is 1. The van der Waals surface area contributed by atoms with E-state index in [1.165, 1.54) is 46.0 Å². The largest absolute Gasteiger partial charge is 0.309 e. The van der Waals surface area contributed by atoms with Gasteiger partial charge >= 0.3 is 0 Å². The third kappa shape index (κ3) is 2.52. The standard InChI is InChI=1S/C17H22N2S/c1-3-12-8-5-6-9-13(12)17-19-16-14(18-4-2)10-7-11-15(16)20-17/h5-6,8-9,14,18H,3-4,7,10-11H2,1-2H3. The first-order valence-electron chi connectivity index (χ1n) is 7.64. The van der Waals surface area contributed by atoms with Crippen LogP contribution in [0.15, 0.2) is 24.3 Å². The summed E-state index contributed by atoms with van der Waals surface area (Å²) >= 11 is 1.90. The van der Waals surface area contributed by atoms with E-state index in [1.54, 1.807) is 0 Å². The lowest BCUT2D eigenvalue weighted by atomic mass is 9.97. The summed E-state index contributed by atoms with van der Waals surface area (Å²) in [7, 11) is 0. The predicted octanol–water partition coefficient (Wildman–Crippen LogP) is 4.36. The maximum Gasteiger partial charge on any atom is 0.124 e. The van der Waals surface area contributed by atoms with Gasteiger partial charge in [-0.05, 0) is 37.8 Å². The average Bonchev–Trinajstić information content (AvgIpc) is 2.92. The molecular formula is C17H22N2S. The van der Waals surface area contributed by atoms with Crippen LogP contribution in [0.1, 0.15) is 48.9 Å². The monoisotopic (exact) mass is 286 g/mol. The molecular weight excluding hydrogens is 264 g/mol.